The van der Waals surface area contributed by atoms with E-state index in [1.54, 1.807) is 12.1 Å². The molecule has 2 fully saturated rings. The van der Waals surface area contributed by atoms with Crippen LogP contribution in [0.25, 0.3) is 0 Å². The molecule has 6 nitrogen and oxygen atoms in total. The maximum absolute atomic E-state index is 13.5. The van der Waals surface area contributed by atoms with Gasteiger partial charge in [0.25, 0.3) is 0 Å². The second kappa shape index (κ2) is 8.46. The summed E-state index contributed by atoms with van der Waals surface area (Å²) in [5.41, 5.74) is 4.41. The fraction of sp³-hybridized carbons (Fsp3) is 0.394. The molecule has 0 aliphatic carbocycles. The summed E-state index contributed by atoms with van der Waals surface area (Å²) in [6, 6.07) is 18.6. The highest BCUT2D eigenvalue weighted by Gasteiger charge is 2.56. The van der Waals surface area contributed by atoms with E-state index < -0.39 is 25.2 Å². The SMILES string of the molecule is CC(C)(C)OC(=O)c1ccc2c(c1)C1(OC2=O)c2ccc(N3CCC3)cc2[Si](C)(C)c2cc(N3CCC3)ccc21. The Morgan fingerprint density at radius 1 is 0.825 bits per heavy atom. The van der Waals surface area contributed by atoms with Crippen molar-refractivity contribution >= 4 is 41.8 Å². The zero-order valence-electron chi connectivity index (χ0n) is 24.0. The topological polar surface area (TPSA) is 59.1 Å². The highest BCUT2D eigenvalue weighted by Crippen LogP contribution is 2.50. The molecule has 3 aromatic carbocycles. The van der Waals surface area contributed by atoms with E-state index in [9.17, 15) is 9.59 Å². The Kier molecular flexibility index (Phi) is 5.37. The minimum absolute atomic E-state index is 0.359. The molecule has 0 radical (unpaired) electrons. The van der Waals surface area contributed by atoms with Gasteiger partial charge in [0, 0.05) is 54.2 Å². The van der Waals surface area contributed by atoms with Crippen LogP contribution in [0.4, 0.5) is 11.4 Å². The Balaban J connectivity index is 1.48. The zero-order valence-corrected chi connectivity index (χ0v) is 25.0. The summed E-state index contributed by atoms with van der Waals surface area (Å²) in [5.74, 6) is -0.764. The Morgan fingerprint density at radius 3 is 1.85 bits per heavy atom. The number of hydrogen-bond donors (Lipinski definition) is 0. The van der Waals surface area contributed by atoms with Crippen molar-refractivity contribution < 1.29 is 19.1 Å². The van der Waals surface area contributed by atoms with Crippen molar-refractivity contribution in [2.45, 2.75) is 57.9 Å². The van der Waals surface area contributed by atoms with E-state index in [2.05, 4.69) is 59.3 Å². The van der Waals surface area contributed by atoms with Gasteiger partial charge in [-0.25, -0.2) is 9.59 Å². The second-order valence-electron chi connectivity index (χ2n) is 13.1. The first-order valence-electron chi connectivity index (χ1n) is 14.4. The van der Waals surface area contributed by atoms with Gasteiger partial charge in [-0.3, -0.25) is 0 Å². The molecule has 4 aliphatic heterocycles. The predicted octanol–water partition coefficient (Wildman–Crippen LogP) is 4.66. The van der Waals surface area contributed by atoms with Gasteiger partial charge in [-0.1, -0.05) is 25.2 Å². The fourth-order valence-corrected chi connectivity index (χ4v) is 9.84. The van der Waals surface area contributed by atoms with Crippen molar-refractivity contribution in [2.24, 2.45) is 0 Å². The summed E-state index contributed by atoms with van der Waals surface area (Å²) in [5, 5.41) is 2.57. The normalized spacial score (nSPS) is 19.7. The number of rotatable bonds is 3. The average Bonchev–Trinajstić information content (AvgIpc) is 3.12. The zero-order chi connectivity index (χ0) is 28.0. The largest absolute Gasteiger partial charge is 0.456 e. The fourth-order valence-electron chi connectivity index (χ4n) is 6.67. The first-order valence-corrected chi connectivity index (χ1v) is 17.4. The molecule has 40 heavy (non-hydrogen) atoms. The third kappa shape index (κ3) is 3.59. The number of hydrogen-bond acceptors (Lipinski definition) is 6. The smallest absolute Gasteiger partial charge is 0.340 e. The van der Waals surface area contributed by atoms with Crippen LogP contribution in [-0.2, 0) is 15.1 Å². The van der Waals surface area contributed by atoms with Crippen molar-refractivity contribution in [3.63, 3.8) is 0 Å². The monoisotopic (exact) mass is 552 g/mol. The molecule has 206 valence electrons. The van der Waals surface area contributed by atoms with Gasteiger partial charge in [-0.2, -0.15) is 0 Å². The van der Waals surface area contributed by atoms with Crippen LogP contribution >= 0.6 is 0 Å². The molecule has 0 unspecified atom stereocenters. The highest BCUT2D eigenvalue weighted by molar-refractivity contribution is 7.01. The van der Waals surface area contributed by atoms with E-state index in [-0.39, 0.29) is 5.97 Å². The van der Waals surface area contributed by atoms with Crippen LogP contribution in [0.2, 0.25) is 13.1 Å². The summed E-state index contributed by atoms with van der Waals surface area (Å²) >= 11 is 0. The number of carbonyl (C=O) groups excluding carboxylic acids is 2. The molecule has 0 aromatic heterocycles. The lowest BCUT2D eigenvalue weighted by Gasteiger charge is -2.45. The molecule has 0 amide bonds. The molecule has 4 aliphatic rings. The standard InChI is InChI=1S/C33H36N2O4Si/c1-32(2,3)38-30(36)21-8-11-24-27(18-21)33(39-31(24)37)25-12-9-22(34-14-6-15-34)19-28(25)40(4,5)29-20-23(10-13-26(29)33)35-16-7-17-35/h8-13,18-20H,6-7,14-17H2,1-5H3. The lowest BCUT2D eigenvalue weighted by atomic mass is 9.78. The van der Waals surface area contributed by atoms with Gasteiger partial charge in [0.05, 0.1) is 11.1 Å². The quantitative estimate of drug-likeness (QED) is 0.348. The molecule has 1 spiro atoms. The van der Waals surface area contributed by atoms with Gasteiger partial charge >= 0.3 is 11.9 Å². The molecular formula is C33H36N2O4Si. The van der Waals surface area contributed by atoms with Gasteiger partial charge in [-0.15, -0.1) is 0 Å². The summed E-state index contributed by atoms with van der Waals surface area (Å²) in [6.07, 6.45) is 2.42. The van der Waals surface area contributed by atoms with E-state index >= 15 is 0 Å². The van der Waals surface area contributed by atoms with Crippen molar-refractivity contribution in [3.8, 4) is 0 Å². The van der Waals surface area contributed by atoms with E-state index in [1.165, 1.54) is 34.6 Å². The molecule has 0 saturated carbocycles. The third-order valence-corrected chi connectivity index (χ3v) is 12.6. The lowest BCUT2D eigenvalue weighted by Crippen LogP contribution is -2.63. The molecule has 4 heterocycles. The molecule has 2 saturated heterocycles. The Bertz CT molecular complexity index is 1510. The molecule has 7 rings (SSSR count). The number of ether oxygens (including phenoxy) is 2. The summed E-state index contributed by atoms with van der Waals surface area (Å²) < 4.78 is 12.2. The van der Waals surface area contributed by atoms with Gasteiger partial charge in [-0.05, 0) is 86.5 Å². The minimum Gasteiger partial charge on any atom is -0.456 e. The van der Waals surface area contributed by atoms with Gasteiger partial charge in [0.2, 0.25) is 0 Å². The number of benzene rings is 3. The van der Waals surface area contributed by atoms with E-state index in [4.69, 9.17) is 9.47 Å². The number of esters is 2. The Morgan fingerprint density at radius 2 is 1.38 bits per heavy atom. The predicted molar refractivity (Wildman–Crippen MR) is 160 cm³/mol. The second-order valence-corrected chi connectivity index (χ2v) is 17.4. The van der Waals surface area contributed by atoms with E-state index in [0.29, 0.717) is 11.1 Å². The Labute approximate surface area is 236 Å². The average molecular weight is 553 g/mol. The number of anilines is 2. The van der Waals surface area contributed by atoms with E-state index in [1.807, 2.05) is 26.8 Å². The van der Waals surface area contributed by atoms with Crippen LogP contribution in [-0.4, -0.2) is 51.8 Å². The number of nitrogens with zero attached hydrogens (tertiary/aromatic N) is 2. The first-order chi connectivity index (χ1) is 19.0. The summed E-state index contributed by atoms with van der Waals surface area (Å²) in [7, 11) is -2.20. The molecule has 3 aromatic rings. The van der Waals surface area contributed by atoms with Crippen molar-refractivity contribution in [1.82, 2.24) is 0 Å². The first kappa shape index (κ1) is 25.4. The summed E-state index contributed by atoms with van der Waals surface area (Å²) in [6.45, 7) is 14.7. The van der Waals surface area contributed by atoms with Crippen molar-refractivity contribution in [1.29, 1.82) is 0 Å². The number of fused-ring (bicyclic) bond motifs is 6. The van der Waals surface area contributed by atoms with Crippen molar-refractivity contribution in [3.05, 3.63) is 82.4 Å². The van der Waals surface area contributed by atoms with Gasteiger partial charge < -0.3 is 19.3 Å². The van der Waals surface area contributed by atoms with E-state index in [0.717, 1.165) is 42.9 Å². The molecule has 7 heteroatoms. The van der Waals surface area contributed by atoms with Gasteiger partial charge in [0.1, 0.15) is 13.7 Å². The molecule has 0 atom stereocenters. The third-order valence-electron chi connectivity index (χ3n) is 9.05. The maximum Gasteiger partial charge on any atom is 0.340 e. The van der Waals surface area contributed by atoms with Crippen LogP contribution in [0.15, 0.2) is 54.6 Å². The molecular weight excluding hydrogens is 516 g/mol. The molecule has 0 N–H and O–H groups in total. The van der Waals surface area contributed by atoms with Gasteiger partial charge in [0.15, 0.2) is 5.60 Å². The van der Waals surface area contributed by atoms with Crippen LogP contribution in [0.1, 0.15) is 71.0 Å². The number of carbonyl (C=O) groups is 2. The van der Waals surface area contributed by atoms with Crippen LogP contribution in [0.3, 0.4) is 0 Å². The van der Waals surface area contributed by atoms with Crippen molar-refractivity contribution in [2.75, 3.05) is 36.0 Å². The van der Waals surface area contributed by atoms with Crippen LogP contribution in [0, 0.1) is 0 Å². The summed E-state index contributed by atoms with van der Waals surface area (Å²) in [4.78, 5) is 31.6. The Hall–Kier alpha value is -3.58. The minimum atomic E-state index is -2.20. The molecule has 0 bridgehead atoms. The maximum atomic E-state index is 13.5. The van der Waals surface area contributed by atoms with Crippen LogP contribution < -0.4 is 20.2 Å². The lowest BCUT2D eigenvalue weighted by molar-refractivity contribution is 0.00692. The van der Waals surface area contributed by atoms with Crippen LogP contribution in [0.5, 0.6) is 0 Å². The highest BCUT2D eigenvalue weighted by atomic mass is 28.3.